The molecule has 0 aromatic carbocycles. The molecule has 0 radical (unpaired) electrons. The van der Waals surface area contributed by atoms with Gasteiger partial charge in [-0.2, -0.15) is 0 Å². The normalized spacial score (nSPS) is 11.9. The number of nitrogens with one attached hydrogen (secondary N) is 1. The summed E-state index contributed by atoms with van der Waals surface area (Å²) in [5.74, 6) is 0.488. The van der Waals surface area contributed by atoms with Gasteiger partial charge < -0.3 is 5.32 Å². The van der Waals surface area contributed by atoms with Crippen molar-refractivity contribution in [2.24, 2.45) is 5.92 Å². The molecule has 2 nitrogen and oxygen atoms in total. The van der Waals surface area contributed by atoms with E-state index in [4.69, 9.17) is 0 Å². The van der Waals surface area contributed by atoms with Crippen LogP contribution in [0.5, 0.6) is 0 Å². The van der Waals surface area contributed by atoms with Crippen LogP contribution in [0.15, 0.2) is 11.8 Å². The number of allylic oxidation sites excluding steroid dienone is 2. The molecular formula is C9H17NO. The molecular weight excluding hydrogens is 138 g/mol. The van der Waals surface area contributed by atoms with Gasteiger partial charge >= 0.3 is 0 Å². The van der Waals surface area contributed by atoms with Gasteiger partial charge in [0.25, 0.3) is 0 Å². The van der Waals surface area contributed by atoms with Gasteiger partial charge in [0.05, 0.1) is 0 Å². The molecule has 0 spiro atoms. The van der Waals surface area contributed by atoms with Crippen molar-refractivity contribution in [1.82, 2.24) is 5.32 Å². The Morgan fingerprint density at radius 2 is 2.09 bits per heavy atom. The molecule has 0 fully saturated rings. The zero-order chi connectivity index (χ0) is 8.85. The largest absolute Gasteiger partial charge is 0.330 e. The molecule has 0 aliphatic heterocycles. The van der Waals surface area contributed by atoms with E-state index in [1.807, 2.05) is 19.9 Å². The first-order chi connectivity index (χ1) is 5.11. The smallest absolute Gasteiger partial charge is 0.223 e. The zero-order valence-corrected chi connectivity index (χ0v) is 7.77. The molecule has 0 saturated carbocycles. The number of amides is 1. The van der Waals surface area contributed by atoms with E-state index in [9.17, 15) is 4.79 Å². The van der Waals surface area contributed by atoms with Crippen LogP contribution < -0.4 is 5.32 Å². The van der Waals surface area contributed by atoms with Crippen LogP contribution in [0.4, 0.5) is 0 Å². The summed E-state index contributed by atoms with van der Waals surface area (Å²) >= 11 is 0. The third-order valence-corrected chi connectivity index (χ3v) is 1.54. The monoisotopic (exact) mass is 155 g/mol. The molecule has 2 heteroatoms. The molecule has 64 valence electrons. The van der Waals surface area contributed by atoms with Crippen LogP contribution in [0.25, 0.3) is 0 Å². The predicted octanol–water partition coefficient (Wildman–Crippen LogP) is 2.07. The summed E-state index contributed by atoms with van der Waals surface area (Å²) in [7, 11) is 0. The number of hydrogen-bond acceptors (Lipinski definition) is 1. The standard InChI is InChI=1S/C9H17NO/c1-5-8(7(3)4)10-9(11)6-2/h5,7H,6H2,1-4H3,(H,10,11). The zero-order valence-electron chi connectivity index (χ0n) is 7.77. The molecule has 11 heavy (non-hydrogen) atoms. The van der Waals surface area contributed by atoms with Gasteiger partial charge in [-0.25, -0.2) is 0 Å². The molecule has 0 unspecified atom stereocenters. The van der Waals surface area contributed by atoms with Gasteiger partial charge in [0.15, 0.2) is 0 Å². The van der Waals surface area contributed by atoms with Crippen LogP contribution >= 0.6 is 0 Å². The molecule has 0 saturated heterocycles. The molecule has 0 aliphatic rings. The topological polar surface area (TPSA) is 29.1 Å². The van der Waals surface area contributed by atoms with Gasteiger partial charge in [0.1, 0.15) is 0 Å². The van der Waals surface area contributed by atoms with E-state index >= 15 is 0 Å². The first-order valence-electron chi connectivity index (χ1n) is 4.07. The van der Waals surface area contributed by atoms with Gasteiger partial charge in [-0.15, -0.1) is 0 Å². The summed E-state index contributed by atoms with van der Waals surface area (Å²) in [6, 6.07) is 0. The Morgan fingerprint density at radius 1 is 1.55 bits per heavy atom. The SMILES string of the molecule is CC=C(NC(=O)CC)C(C)C. The highest BCUT2D eigenvalue weighted by Gasteiger charge is 2.04. The van der Waals surface area contributed by atoms with E-state index in [-0.39, 0.29) is 5.91 Å². The molecule has 1 N–H and O–H groups in total. The van der Waals surface area contributed by atoms with Crippen LogP contribution in [0.1, 0.15) is 34.1 Å². The molecule has 0 rings (SSSR count). The Hall–Kier alpha value is -0.790. The highest BCUT2D eigenvalue weighted by molar-refractivity contribution is 5.77. The van der Waals surface area contributed by atoms with E-state index in [1.54, 1.807) is 0 Å². The number of carbonyl (C=O) groups excluding carboxylic acids is 1. The minimum Gasteiger partial charge on any atom is -0.330 e. The molecule has 0 bridgehead atoms. The number of carbonyl (C=O) groups is 1. The second kappa shape index (κ2) is 4.94. The van der Waals surface area contributed by atoms with Crippen molar-refractivity contribution in [2.45, 2.75) is 34.1 Å². The Morgan fingerprint density at radius 3 is 2.36 bits per heavy atom. The van der Waals surface area contributed by atoms with E-state index in [0.717, 1.165) is 5.70 Å². The lowest BCUT2D eigenvalue weighted by molar-refractivity contribution is -0.120. The van der Waals surface area contributed by atoms with E-state index < -0.39 is 0 Å². The van der Waals surface area contributed by atoms with Crippen LogP contribution in [0.3, 0.4) is 0 Å². The fraction of sp³-hybridized carbons (Fsp3) is 0.667. The van der Waals surface area contributed by atoms with Crippen molar-refractivity contribution in [2.75, 3.05) is 0 Å². The quantitative estimate of drug-likeness (QED) is 0.664. The maximum atomic E-state index is 10.9. The Balaban J connectivity index is 4.00. The highest BCUT2D eigenvalue weighted by atomic mass is 16.1. The second-order valence-electron chi connectivity index (χ2n) is 2.80. The Kier molecular flexibility index (Phi) is 4.59. The molecule has 0 aromatic heterocycles. The summed E-state index contributed by atoms with van der Waals surface area (Å²) < 4.78 is 0. The summed E-state index contributed by atoms with van der Waals surface area (Å²) in [4.78, 5) is 10.9. The fourth-order valence-corrected chi connectivity index (χ4v) is 0.799. The highest BCUT2D eigenvalue weighted by Crippen LogP contribution is 2.04. The maximum absolute atomic E-state index is 10.9. The van der Waals surface area contributed by atoms with Gasteiger partial charge in [0, 0.05) is 12.1 Å². The number of rotatable bonds is 3. The lowest BCUT2D eigenvalue weighted by atomic mass is 10.1. The maximum Gasteiger partial charge on any atom is 0.223 e. The average Bonchev–Trinajstić information content (AvgIpc) is 1.99. The third-order valence-electron chi connectivity index (χ3n) is 1.54. The van der Waals surface area contributed by atoms with Crippen molar-refractivity contribution in [1.29, 1.82) is 0 Å². The van der Waals surface area contributed by atoms with Gasteiger partial charge in [-0.1, -0.05) is 26.8 Å². The van der Waals surface area contributed by atoms with E-state index in [1.165, 1.54) is 0 Å². The minimum absolute atomic E-state index is 0.0896. The molecule has 0 aliphatic carbocycles. The lowest BCUT2D eigenvalue weighted by Crippen LogP contribution is -2.24. The molecule has 0 atom stereocenters. The summed E-state index contributed by atoms with van der Waals surface area (Å²) in [6.07, 6.45) is 2.49. The summed E-state index contributed by atoms with van der Waals surface area (Å²) in [6.45, 7) is 7.91. The van der Waals surface area contributed by atoms with Gasteiger partial charge in [-0.05, 0) is 12.8 Å². The van der Waals surface area contributed by atoms with Crippen molar-refractivity contribution in [3.63, 3.8) is 0 Å². The van der Waals surface area contributed by atoms with Crippen LogP contribution in [0, 0.1) is 5.92 Å². The van der Waals surface area contributed by atoms with E-state index in [0.29, 0.717) is 12.3 Å². The van der Waals surface area contributed by atoms with Crippen LogP contribution in [-0.4, -0.2) is 5.91 Å². The first kappa shape index (κ1) is 10.2. The molecule has 0 aromatic rings. The Bertz CT molecular complexity index is 159. The van der Waals surface area contributed by atoms with Crippen molar-refractivity contribution in [3.8, 4) is 0 Å². The second-order valence-corrected chi connectivity index (χ2v) is 2.80. The van der Waals surface area contributed by atoms with Crippen molar-refractivity contribution < 1.29 is 4.79 Å². The molecule has 1 amide bonds. The van der Waals surface area contributed by atoms with Crippen molar-refractivity contribution in [3.05, 3.63) is 11.8 Å². The van der Waals surface area contributed by atoms with Crippen LogP contribution in [-0.2, 0) is 4.79 Å². The summed E-state index contributed by atoms with van der Waals surface area (Å²) in [5.41, 5.74) is 1.01. The fourth-order valence-electron chi connectivity index (χ4n) is 0.799. The van der Waals surface area contributed by atoms with Crippen LogP contribution in [0.2, 0.25) is 0 Å². The third kappa shape index (κ3) is 3.81. The predicted molar refractivity (Wildman–Crippen MR) is 47.0 cm³/mol. The molecule has 0 heterocycles. The lowest BCUT2D eigenvalue weighted by Gasteiger charge is -2.11. The van der Waals surface area contributed by atoms with Gasteiger partial charge in [-0.3, -0.25) is 4.79 Å². The van der Waals surface area contributed by atoms with E-state index in [2.05, 4.69) is 19.2 Å². The number of hydrogen-bond donors (Lipinski definition) is 1. The van der Waals surface area contributed by atoms with Gasteiger partial charge in [0.2, 0.25) is 5.91 Å². The van der Waals surface area contributed by atoms with Crippen molar-refractivity contribution >= 4 is 5.91 Å². The summed E-state index contributed by atoms with van der Waals surface area (Å²) in [5, 5.41) is 2.84. The Labute approximate surface area is 68.7 Å². The average molecular weight is 155 g/mol. The minimum atomic E-state index is 0.0896. The first-order valence-corrected chi connectivity index (χ1v) is 4.07.